The minimum absolute atomic E-state index is 0.271. The van der Waals surface area contributed by atoms with Crippen LogP contribution in [0, 0.1) is 5.92 Å². The Hall–Kier alpha value is -1.24. The first kappa shape index (κ1) is 14.7. The van der Waals surface area contributed by atoms with E-state index in [4.69, 9.17) is 9.52 Å². The van der Waals surface area contributed by atoms with Crippen molar-refractivity contribution in [2.24, 2.45) is 5.92 Å². The van der Waals surface area contributed by atoms with Gasteiger partial charge in [-0.05, 0) is 49.6 Å². The molecule has 5 nitrogen and oxygen atoms in total. The number of benzene rings is 1. The molecule has 1 aromatic carbocycles. The van der Waals surface area contributed by atoms with Crippen molar-refractivity contribution >= 4 is 15.9 Å². The molecule has 3 rings (SSSR count). The van der Waals surface area contributed by atoms with Gasteiger partial charge in [-0.25, -0.2) is 0 Å². The first-order valence-corrected chi connectivity index (χ1v) is 7.95. The van der Waals surface area contributed by atoms with Gasteiger partial charge in [0.1, 0.15) is 0 Å². The fourth-order valence-corrected chi connectivity index (χ4v) is 2.96. The maximum absolute atomic E-state index is 8.99. The van der Waals surface area contributed by atoms with Crippen LogP contribution in [0.25, 0.3) is 11.5 Å². The van der Waals surface area contributed by atoms with Crippen molar-refractivity contribution in [3.05, 3.63) is 34.6 Å². The average Bonchev–Trinajstić information content (AvgIpc) is 3.11. The molecule has 0 aliphatic carbocycles. The highest BCUT2D eigenvalue weighted by Crippen LogP contribution is 2.23. The molecule has 0 saturated carbocycles. The Morgan fingerprint density at radius 2 is 2.10 bits per heavy atom. The van der Waals surface area contributed by atoms with Crippen molar-refractivity contribution in [1.29, 1.82) is 0 Å². The third-order valence-electron chi connectivity index (χ3n) is 3.82. The van der Waals surface area contributed by atoms with Crippen molar-refractivity contribution in [2.45, 2.75) is 19.4 Å². The largest absolute Gasteiger partial charge is 0.419 e. The number of aromatic nitrogens is 2. The Labute approximate surface area is 132 Å². The van der Waals surface area contributed by atoms with Gasteiger partial charge < -0.3 is 9.52 Å². The van der Waals surface area contributed by atoms with E-state index in [0.717, 1.165) is 36.0 Å². The minimum atomic E-state index is 0.271. The van der Waals surface area contributed by atoms with Crippen LogP contribution in [0.15, 0.2) is 33.2 Å². The fraction of sp³-hybridized carbons (Fsp3) is 0.467. The summed E-state index contributed by atoms with van der Waals surface area (Å²) in [5.74, 6) is 1.80. The van der Waals surface area contributed by atoms with Crippen LogP contribution in [0.1, 0.15) is 18.7 Å². The van der Waals surface area contributed by atoms with Gasteiger partial charge in [0.05, 0.1) is 6.54 Å². The zero-order valence-electron chi connectivity index (χ0n) is 11.7. The summed E-state index contributed by atoms with van der Waals surface area (Å²) >= 11 is 3.41. The molecule has 1 saturated heterocycles. The molecule has 1 atom stereocenters. The molecule has 0 spiro atoms. The Morgan fingerprint density at radius 3 is 2.86 bits per heavy atom. The molecule has 0 amide bonds. The summed E-state index contributed by atoms with van der Waals surface area (Å²) in [7, 11) is 0. The van der Waals surface area contributed by atoms with Gasteiger partial charge >= 0.3 is 0 Å². The van der Waals surface area contributed by atoms with Crippen LogP contribution in [0.5, 0.6) is 0 Å². The maximum Gasteiger partial charge on any atom is 0.247 e. The summed E-state index contributed by atoms with van der Waals surface area (Å²) in [5.41, 5.74) is 0.927. The van der Waals surface area contributed by atoms with Gasteiger partial charge in [0.2, 0.25) is 11.8 Å². The minimum Gasteiger partial charge on any atom is -0.419 e. The van der Waals surface area contributed by atoms with E-state index in [1.54, 1.807) is 0 Å². The summed E-state index contributed by atoms with van der Waals surface area (Å²) < 4.78 is 6.76. The molecule has 1 aliphatic heterocycles. The second-order valence-corrected chi connectivity index (χ2v) is 6.33. The molecule has 1 unspecified atom stereocenters. The molecular formula is C15H18BrN3O2. The van der Waals surface area contributed by atoms with Crippen LogP contribution in [-0.2, 0) is 6.54 Å². The summed E-state index contributed by atoms with van der Waals surface area (Å²) in [6, 6.07) is 7.82. The fourth-order valence-electron chi connectivity index (χ4n) is 2.69. The first-order chi connectivity index (χ1) is 10.2. The van der Waals surface area contributed by atoms with Crippen LogP contribution in [0.3, 0.4) is 0 Å². The molecule has 2 aromatic rings. The molecular weight excluding hydrogens is 334 g/mol. The molecule has 1 aromatic heterocycles. The third kappa shape index (κ3) is 3.70. The second kappa shape index (κ2) is 6.68. The molecule has 2 heterocycles. The monoisotopic (exact) mass is 351 g/mol. The number of hydrogen-bond donors (Lipinski definition) is 1. The lowest BCUT2D eigenvalue weighted by atomic mass is 10.1. The number of rotatable bonds is 5. The topological polar surface area (TPSA) is 62.4 Å². The molecule has 112 valence electrons. The SMILES string of the molecule is OCCC1CCN(Cc2nnc(-c3ccc(Br)cc3)o2)C1. The molecule has 6 heteroatoms. The molecule has 0 radical (unpaired) electrons. The molecule has 1 aliphatic rings. The van der Waals surface area contributed by atoms with Crippen LogP contribution in [0.2, 0.25) is 0 Å². The normalized spacial score (nSPS) is 19.2. The highest BCUT2D eigenvalue weighted by molar-refractivity contribution is 9.10. The number of likely N-dealkylation sites (tertiary alicyclic amines) is 1. The van der Waals surface area contributed by atoms with Crippen LogP contribution in [-0.4, -0.2) is 39.9 Å². The molecule has 0 bridgehead atoms. The van der Waals surface area contributed by atoms with Crippen molar-refractivity contribution < 1.29 is 9.52 Å². The Bertz CT molecular complexity index is 585. The van der Waals surface area contributed by atoms with Gasteiger partial charge in [0, 0.05) is 23.2 Å². The lowest BCUT2D eigenvalue weighted by Crippen LogP contribution is -2.20. The van der Waals surface area contributed by atoms with E-state index in [1.807, 2.05) is 24.3 Å². The van der Waals surface area contributed by atoms with Crippen LogP contribution in [0.4, 0.5) is 0 Å². The van der Waals surface area contributed by atoms with Gasteiger partial charge in [-0.3, -0.25) is 4.90 Å². The van der Waals surface area contributed by atoms with E-state index >= 15 is 0 Å². The lowest BCUT2D eigenvalue weighted by Gasteiger charge is -2.12. The van der Waals surface area contributed by atoms with Gasteiger partial charge in [-0.1, -0.05) is 15.9 Å². The molecule has 21 heavy (non-hydrogen) atoms. The standard InChI is InChI=1S/C15H18BrN3O2/c16-13-3-1-12(2-4-13)15-18-17-14(21-15)10-19-7-5-11(9-19)6-8-20/h1-4,11,20H,5-10H2. The van der Waals surface area contributed by atoms with Crippen LogP contribution >= 0.6 is 15.9 Å². The van der Waals surface area contributed by atoms with E-state index < -0.39 is 0 Å². The maximum atomic E-state index is 8.99. The summed E-state index contributed by atoms with van der Waals surface area (Å²) in [4.78, 5) is 2.30. The van der Waals surface area contributed by atoms with E-state index in [1.165, 1.54) is 0 Å². The van der Waals surface area contributed by atoms with E-state index in [9.17, 15) is 0 Å². The Morgan fingerprint density at radius 1 is 1.29 bits per heavy atom. The number of aliphatic hydroxyl groups is 1. The Kier molecular flexibility index (Phi) is 4.67. The van der Waals surface area contributed by atoms with Crippen LogP contribution < -0.4 is 0 Å². The highest BCUT2D eigenvalue weighted by Gasteiger charge is 2.23. The summed E-state index contributed by atoms with van der Waals surface area (Å²) in [6.07, 6.45) is 2.01. The van der Waals surface area contributed by atoms with E-state index in [2.05, 4.69) is 31.0 Å². The summed E-state index contributed by atoms with van der Waals surface area (Å²) in [6.45, 7) is 2.98. The second-order valence-electron chi connectivity index (χ2n) is 5.41. The van der Waals surface area contributed by atoms with Gasteiger partial charge in [0.25, 0.3) is 0 Å². The smallest absolute Gasteiger partial charge is 0.247 e. The van der Waals surface area contributed by atoms with Crippen molar-refractivity contribution in [3.8, 4) is 11.5 Å². The molecule has 1 fully saturated rings. The third-order valence-corrected chi connectivity index (χ3v) is 4.35. The summed E-state index contributed by atoms with van der Waals surface area (Å²) in [5, 5.41) is 17.2. The molecule has 1 N–H and O–H groups in total. The average molecular weight is 352 g/mol. The van der Waals surface area contributed by atoms with Crippen molar-refractivity contribution in [3.63, 3.8) is 0 Å². The van der Waals surface area contributed by atoms with Crippen molar-refractivity contribution in [2.75, 3.05) is 19.7 Å². The van der Waals surface area contributed by atoms with Crippen molar-refractivity contribution in [1.82, 2.24) is 15.1 Å². The number of hydrogen-bond acceptors (Lipinski definition) is 5. The number of nitrogens with zero attached hydrogens (tertiary/aromatic N) is 3. The Balaban J connectivity index is 1.62. The zero-order chi connectivity index (χ0) is 14.7. The van der Waals surface area contributed by atoms with Gasteiger partial charge in [0.15, 0.2) is 0 Å². The number of aliphatic hydroxyl groups excluding tert-OH is 1. The van der Waals surface area contributed by atoms with E-state index in [0.29, 0.717) is 24.2 Å². The van der Waals surface area contributed by atoms with E-state index in [-0.39, 0.29) is 6.61 Å². The quantitative estimate of drug-likeness (QED) is 0.897. The van der Waals surface area contributed by atoms with Gasteiger partial charge in [-0.2, -0.15) is 0 Å². The number of halogens is 1. The first-order valence-electron chi connectivity index (χ1n) is 7.16. The highest BCUT2D eigenvalue weighted by atomic mass is 79.9. The van der Waals surface area contributed by atoms with Gasteiger partial charge in [-0.15, -0.1) is 10.2 Å². The predicted octanol–water partition coefficient (Wildman–Crippen LogP) is 2.70. The lowest BCUT2D eigenvalue weighted by molar-refractivity contribution is 0.243. The predicted molar refractivity (Wildman–Crippen MR) is 82.5 cm³/mol. The zero-order valence-corrected chi connectivity index (χ0v) is 13.3.